The van der Waals surface area contributed by atoms with E-state index in [1.54, 1.807) is 12.3 Å². The zero-order valence-corrected chi connectivity index (χ0v) is 11.1. The summed E-state index contributed by atoms with van der Waals surface area (Å²) in [4.78, 5) is 10.7. The summed E-state index contributed by atoms with van der Waals surface area (Å²) < 4.78 is 0. The van der Waals surface area contributed by atoms with Crippen molar-refractivity contribution in [2.24, 2.45) is 11.7 Å². The maximum atomic E-state index is 7.42. The zero-order chi connectivity index (χ0) is 13.1. The Morgan fingerprint density at radius 2 is 2.28 bits per heavy atom. The van der Waals surface area contributed by atoms with Gasteiger partial charge in [-0.15, -0.1) is 0 Å². The molecule has 1 aliphatic carbocycles. The number of nitrogens with zero attached hydrogens (tertiary/aromatic N) is 3. The van der Waals surface area contributed by atoms with Gasteiger partial charge in [-0.05, 0) is 24.8 Å². The summed E-state index contributed by atoms with van der Waals surface area (Å²) in [6.07, 6.45) is 6.63. The quantitative estimate of drug-likeness (QED) is 0.630. The van der Waals surface area contributed by atoms with E-state index in [4.69, 9.17) is 11.1 Å². The van der Waals surface area contributed by atoms with Gasteiger partial charge >= 0.3 is 0 Å². The lowest BCUT2D eigenvalue weighted by Crippen LogP contribution is -2.37. The van der Waals surface area contributed by atoms with E-state index < -0.39 is 0 Å². The Kier molecular flexibility index (Phi) is 3.79. The minimum atomic E-state index is -0.0101. The smallest absolute Gasteiger partial charge is 0.225 e. The van der Waals surface area contributed by atoms with E-state index in [2.05, 4.69) is 21.8 Å². The molecule has 1 heterocycles. The van der Waals surface area contributed by atoms with Gasteiger partial charge < -0.3 is 10.6 Å². The number of nitrogen functional groups attached to an aromatic ring is 1. The molecule has 2 unspecified atom stereocenters. The summed E-state index contributed by atoms with van der Waals surface area (Å²) in [5, 5.41) is 7.42. The van der Waals surface area contributed by atoms with Crippen molar-refractivity contribution in [1.82, 2.24) is 9.97 Å². The lowest BCUT2D eigenvalue weighted by Gasteiger charge is -2.34. The highest BCUT2D eigenvalue weighted by Crippen LogP contribution is 2.28. The minimum Gasteiger partial charge on any atom is -0.382 e. The normalized spacial score (nSPS) is 23.7. The van der Waals surface area contributed by atoms with Crippen LogP contribution in [0.15, 0.2) is 12.3 Å². The lowest BCUT2D eigenvalue weighted by atomic mass is 9.86. The van der Waals surface area contributed by atoms with Crippen molar-refractivity contribution < 1.29 is 0 Å². The van der Waals surface area contributed by atoms with Crippen LogP contribution >= 0.6 is 0 Å². The molecule has 18 heavy (non-hydrogen) atoms. The van der Waals surface area contributed by atoms with Crippen molar-refractivity contribution in [3.05, 3.63) is 18.0 Å². The fraction of sp³-hybridized carbons (Fsp3) is 0.615. The van der Waals surface area contributed by atoms with Gasteiger partial charge in [-0.2, -0.15) is 0 Å². The van der Waals surface area contributed by atoms with Crippen LogP contribution in [-0.2, 0) is 0 Å². The summed E-state index contributed by atoms with van der Waals surface area (Å²) in [6.45, 7) is 2.30. The van der Waals surface area contributed by atoms with Crippen LogP contribution in [0.2, 0.25) is 0 Å². The van der Waals surface area contributed by atoms with Gasteiger partial charge in [-0.25, -0.2) is 9.97 Å². The molecule has 1 saturated carbocycles. The molecular formula is C13H21N5. The van der Waals surface area contributed by atoms with E-state index in [9.17, 15) is 0 Å². The predicted molar refractivity (Wildman–Crippen MR) is 72.9 cm³/mol. The van der Waals surface area contributed by atoms with Crippen molar-refractivity contribution in [2.45, 2.75) is 38.6 Å². The van der Waals surface area contributed by atoms with Crippen molar-refractivity contribution in [3.63, 3.8) is 0 Å². The van der Waals surface area contributed by atoms with E-state index in [-0.39, 0.29) is 5.84 Å². The van der Waals surface area contributed by atoms with Gasteiger partial charge in [0.1, 0.15) is 11.5 Å². The van der Waals surface area contributed by atoms with E-state index in [0.29, 0.717) is 17.7 Å². The SMILES string of the molecule is CC1CCCC(N(C)c2nccc(C(=N)N)n2)C1. The third kappa shape index (κ3) is 2.78. The third-order valence-corrected chi connectivity index (χ3v) is 3.69. The predicted octanol–water partition coefficient (Wildman–Crippen LogP) is 1.78. The molecule has 0 saturated heterocycles. The standard InChI is InChI=1S/C13H21N5/c1-9-4-3-5-10(8-9)18(2)13-16-7-6-11(17-13)12(14)15/h6-7,9-10H,3-5,8H2,1-2H3,(H3,14,15). The van der Waals surface area contributed by atoms with Crippen molar-refractivity contribution in [2.75, 3.05) is 11.9 Å². The molecule has 0 amide bonds. The van der Waals surface area contributed by atoms with Crippen LogP contribution in [0.4, 0.5) is 5.95 Å². The highest BCUT2D eigenvalue weighted by molar-refractivity contribution is 5.93. The number of amidine groups is 1. The number of nitrogens with one attached hydrogen (secondary N) is 1. The van der Waals surface area contributed by atoms with E-state index in [1.807, 2.05) is 7.05 Å². The Morgan fingerprint density at radius 3 is 2.94 bits per heavy atom. The summed E-state index contributed by atoms with van der Waals surface area (Å²) in [6, 6.07) is 2.17. The molecular weight excluding hydrogens is 226 g/mol. The Morgan fingerprint density at radius 1 is 1.50 bits per heavy atom. The average Bonchev–Trinajstić information content (AvgIpc) is 2.38. The second kappa shape index (κ2) is 5.33. The highest BCUT2D eigenvalue weighted by Gasteiger charge is 2.24. The largest absolute Gasteiger partial charge is 0.382 e. The molecule has 3 N–H and O–H groups in total. The highest BCUT2D eigenvalue weighted by atomic mass is 15.3. The molecule has 5 nitrogen and oxygen atoms in total. The molecule has 0 aromatic carbocycles. The zero-order valence-electron chi connectivity index (χ0n) is 11.1. The number of anilines is 1. The van der Waals surface area contributed by atoms with Crippen LogP contribution in [0, 0.1) is 11.3 Å². The van der Waals surface area contributed by atoms with Gasteiger partial charge in [0.15, 0.2) is 0 Å². The minimum absolute atomic E-state index is 0.0101. The number of hydrogen-bond acceptors (Lipinski definition) is 4. The summed E-state index contributed by atoms with van der Waals surface area (Å²) in [7, 11) is 2.03. The Hall–Kier alpha value is -1.65. The van der Waals surface area contributed by atoms with Crippen LogP contribution in [-0.4, -0.2) is 28.9 Å². The van der Waals surface area contributed by atoms with Crippen molar-refractivity contribution in [3.8, 4) is 0 Å². The number of rotatable bonds is 3. The molecule has 0 bridgehead atoms. The van der Waals surface area contributed by atoms with Gasteiger partial charge in [-0.3, -0.25) is 5.41 Å². The van der Waals surface area contributed by atoms with Gasteiger partial charge in [0.05, 0.1) is 0 Å². The molecule has 1 aromatic heterocycles. The third-order valence-electron chi connectivity index (χ3n) is 3.69. The lowest BCUT2D eigenvalue weighted by molar-refractivity contribution is 0.334. The molecule has 1 aliphatic rings. The van der Waals surface area contributed by atoms with Crippen LogP contribution < -0.4 is 10.6 Å². The maximum Gasteiger partial charge on any atom is 0.225 e. The first-order chi connectivity index (χ1) is 8.58. The Bertz CT molecular complexity index is 431. The second-order valence-electron chi connectivity index (χ2n) is 5.19. The van der Waals surface area contributed by atoms with Gasteiger partial charge in [0.25, 0.3) is 0 Å². The van der Waals surface area contributed by atoms with E-state index in [0.717, 1.165) is 5.92 Å². The molecule has 2 rings (SSSR count). The fourth-order valence-electron chi connectivity index (χ4n) is 2.59. The van der Waals surface area contributed by atoms with Crippen LogP contribution in [0.5, 0.6) is 0 Å². The number of hydrogen-bond donors (Lipinski definition) is 2. The van der Waals surface area contributed by atoms with Crippen LogP contribution in [0.3, 0.4) is 0 Å². The topological polar surface area (TPSA) is 78.9 Å². The van der Waals surface area contributed by atoms with Gasteiger partial charge in [0, 0.05) is 19.3 Å². The van der Waals surface area contributed by atoms with E-state index in [1.165, 1.54) is 25.7 Å². The van der Waals surface area contributed by atoms with Crippen LogP contribution in [0.1, 0.15) is 38.3 Å². The molecule has 5 heteroatoms. The number of aromatic nitrogens is 2. The maximum absolute atomic E-state index is 7.42. The average molecular weight is 247 g/mol. The second-order valence-corrected chi connectivity index (χ2v) is 5.19. The molecule has 0 spiro atoms. The molecule has 1 aromatic rings. The van der Waals surface area contributed by atoms with Crippen molar-refractivity contribution >= 4 is 11.8 Å². The molecule has 0 aliphatic heterocycles. The Balaban J connectivity index is 2.14. The number of nitrogens with two attached hydrogens (primary N) is 1. The summed E-state index contributed by atoms with van der Waals surface area (Å²) in [5.74, 6) is 1.42. The first kappa shape index (κ1) is 12.8. The van der Waals surface area contributed by atoms with Gasteiger partial charge in [-0.1, -0.05) is 19.8 Å². The molecule has 2 atom stereocenters. The Labute approximate surface area is 108 Å². The fourth-order valence-corrected chi connectivity index (χ4v) is 2.59. The molecule has 1 fully saturated rings. The molecule has 98 valence electrons. The monoisotopic (exact) mass is 247 g/mol. The summed E-state index contributed by atoms with van der Waals surface area (Å²) in [5.41, 5.74) is 5.95. The molecule has 0 radical (unpaired) electrons. The van der Waals surface area contributed by atoms with Crippen LogP contribution in [0.25, 0.3) is 0 Å². The van der Waals surface area contributed by atoms with E-state index >= 15 is 0 Å². The first-order valence-electron chi connectivity index (χ1n) is 6.48. The first-order valence-corrected chi connectivity index (χ1v) is 6.48. The van der Waals surface area contributed by atoms with Crippen molar-refractivity contribution in [1.29, 1.82) is 5.41 Å². The summed E-state index contributed by atoms with van der Waals surface area (Å²) >= 11 is 0. The van der Waals surface area contributed by atoms with Gasteiger partial charge in [0.2, 0.25) is 5.95 Å².